The Morgan fingerprint density at radius 2 is 2.08 bits per heavy atom. The number of carbonyl (C=O) groups is 1. The van der Waals surface area contributed by atoms with Gasteiger partial charge in [0.05, 0.1) is 0 Å². The zero-order valence-electron chi connectivity index (χ0n) is 14.5. The van der Waals surface area contributed by atoms with Crippen molar-refractivity contribution in [2.75, 3.05) is 13.1 Å². The molecule has 1 N–H and O–H groups in total. The summed E-state index contributed by atoms with van der Waals surface area (Å²) in [6.07, 6.45) is 2.37. The van der Waals surface area contributed by atoms with Gasteiger partial charge in [-0.25, -0.2) is 4.98 Å². The van der Waals surface area contributed by atoms with Gasteiger partial charge in [-0.05, 0) is 63.0 Å². The lowest BCUT2D eigenvalue weighted by Gasteiger charge is -2.49. The van der Waals surface area contributed by atoms with Crippen LogP contribution in [0.5, 0.6) is 0 Å². The lowest BCUT2D eigenvalue weighted by Crippen LogP contribution is -2.62. The van der Waals surface area contributed by atoms with E-state index in [9.17, 15) is 4.79 Å². The monoisotopic (exact) mass is 384 g/mol. The molecule has 1 aromatic heterocycles. The first kappa shape index (κ1) is 17.5. The van der Waals surface area contributed by atoms with Crippen molar-refractivity contribution in [3.63, 3.8) is 0 Å². The van der Waals surface area contributed by atoms with Crippen LogP contribution in [0, 0.1) is 17.2 Å². The van der Waals surface area contributed by atoms with Crippen LogP contribution in [0.15, 0.2) is 38.9 Å². The molecular weight excluding hydrogens is 364 g/mol. The van der Waals surface area contributed by atoms with Crippen LogP contribution in [0.2, 0.25) is 0 Å². The Hall–Kier alpha value is -1.88. The zero-order valence-corrected chi connectivity index (χ0v) is 16.1. The summed E-state index contributed by atoms with van der Waals surface area (Å²) in [7, 11) is 0. The molecule has 2 bridgehead atoms. The largest absolute Gasteiger partial charge is 0.347 e. The normalized spacial score (nSPS) is 27.1. The van der Waals surface area contributed by atoms with E-state index in [4.69, 9.17) is 5.26 Å². The fraction of sp³-hybridized carbons (Fsp3) is 0.421. The summed E-state index contributed by atoms with van der Waals surface area (Å²) in [4.78, 5) is 20.4. The van der Waals surface area contributed by atoms with Crippen LogP contribution in [0.1, 0.15) is 35.8 Å². The molecule has 1 aromatic carbocycles. The predicted molar refractivity (Wildman–Crippen MR) is 102 cm³/mol. The number of benzene rings is 1. The number of amides is 1. The van der Waals surface area contributed by atoms with E-state index >= 15 is 0 Å². The van der Waals surface area contributed by atoms with Gasteiger partial charge in [-0.1, -0.05) is 11.8 Å². The molecule has 4 heterocycles. The summed E-state index contributed by atoms with van der Waals surface area (Å²) in [6.45, 7) is 4.54. The molecule has 3 aliphatic rings. The highest BCUT2D eigenvalue weighted by Gasteiger charge is 2.40. The van der Waals surface area contributed by atoms with Crippen LogP contribution in [-0.4, -0.2) is 41.0 Å². The molecule has 26 heavy (non-hydrogen) atoms. The van der Waals surface area contributed by atoms with Gasteiger partial charge in [-0.15, -0.1) is 11.3 Å². The third-order valence-corrected chi connectivity index (χ3v) is 7.34. The van der Waals surface area contributed by atoms with E-state index in [2.05, 4.69) is 22.1 Å². The molecule has 0 unspecified atom stereocenters. The van der Waals surface area contributed by atoms with E-state index in [1.807, 2.05) is 30.3 Å². The second-order valence-electron chi connectivity index (χ2n) is 6.85. The second kappa shape index (κ2) is 7.39. The minimum Gasteiger partial charge on any atom is -0.347 e. The van der Waals surface area contributed by atoms with Gasteiger partial charge in [0, 0.05) is 27.9 Å². The molecule has 0 saturated carbocycles. The average molecular weight is 385 g/mol. The quantitative estimate of drug-likeness (QED) is 0.875. The number of aromatic nitrogens is 1. The number of rotatable bonds is 4. The fourth-order valence-electron chi connectivity index (χ4n) is 3.91. The Labute approximate surface area is 161 Å². The Balaban J connectivity index is 1.40. The van der Waals surface area contributed by atoms with E-state index in [-0.39, 0.29) is 11.9 Å². The molecule has 2 aromatic rings. The summed E-state index contributed by atoms with van der Waals surface area (Å²) in [6, 6.07) is 10.3. The first-order chi connectivity index (χ1) is 12.6. The number of thiazole rings is 1. The highest BCUT2D eigenvalue weighted by atomic mass is 32.2. The lowest BCUT2D eigenvalue weighted by molar-refractivity contribution is 0.0217. The van der Waals surface area contributed by atoms with Crippen LogP contribution in [0.4, 0.5) is 0 Å². The first-order valence-electron chi connectivity index (χ1n) is 8.82. The molecule has 1 amide bonds. The molecule has 2 atom stereocenters. The molecule has 0 aliphatic carbocycles. The van der Waals surface area contributed by atoms with Crippen molar-refractivity contribution in [2.45, 2.75) is 41.1 Å². The smallest absolute Gasteiger partial charge is 0.251 e. The first-order valence-corrected chi connectivity index (χ1v) is 10.5. The van der Waals surface area contributed by atoms with Crippen molar-refractivity contribution in [1.29, 1.82) is 5.26 Å². The Morgan fingerprint density at radius 3 is 2.69 bits per heavy atom. The third kappa shape index (κ3) is 3.50. The third-order valence-electron chi connectivity index (χ3n) is 5.39. The van der Waals surface area contributed by atoms with Gasteiger partial charge in [-0.2, -0.15) is 5.26 Å². The van der Waals surface area contributed by atoms with Crippen molar-refractivity contribution in [3.05, 3.63) is 40.9 Å². The number of carbonyl (C=O) groups excluding carboxylic acids is 1. The molecule has 3 fully saturated rings. The minimum atomic E-state index is 0.00756. The number of piperidine rings is 3. The van der Waals surface area contributed by atoms with Crippen molar-refractivity contribution < 1.29 is 4.79 Å². The Morgan fingerprint density at radius 1 is 1.35 bits per heavy atom. The summed E-state index contributed by atoms with van der Waals surface area (Å²) in [5.41, 5.74) is 1.13. The molecule has 5 nitrogen and oxygen atoms in total. The van der Waals surface area contributed by atoms with Crippen molar-refractivity contribution >= 4 is 29.0 Å². The summed E-state index contributed by atoms with van der Waals surface area (Å²) in [5, 5.41) is 13.9. The number of nitrogens with zero attached hydrogens (tertiary/aromatic N) is 3. The van der Waals surface area contributed by atoms with Gasteiger partial charge in [0.1, 0.15) is 6.07 Å². The summed E-state index contributed by atoms with van der Waals surface area (Å²) >= 11 is 2.96. The second-order valence-corrected chi connectivity index (χ2v) is 9.03. The van der Waals surface area contributed by atoms with Crippen LogP contribution < -0.4 is 5.32 Å². The number of hydrogen-bond acceptors (Lipinski definition) is 6. The van der Waals surface area contributed by atoms with Crippen LogP contribution in [-0.2, 0) is 0 Å². The van der Waals surface area contributed by atoms with E-state index in [0.717, 1.165) is 22.3 Å². The van der Waals surface area contributed by atoms with Crippen LogP contribution >= 0.6 is 23.1 Å². The van der Waals surface area contributed by atoms with Gasteiger partial charge in [0.15, 0.2) is 10.0 Å². The number of nitrogens with one attached hydrogen (secondary N) is 1. The van der Waals surface area contributed by atoms with Gasteiger partial charge >= 0.3 is 0 Å². The van der Waals surface area contributed by atoms with E-state index in [1.165, 1.54) is 35.9 Å². The summed E-state index contributed by atoms with van der Waals surface area (Å²) in [5.74, 6) is 0.612. The van der Waals surface area contributed by atoms with Crippen molar-refractivity contribution in [3.8, 4) is 6.07 Å². The van der Waals surface area contributed by atoms with E-state index in [0.29, 0.717) is 23.2 Å². The molecule has 0 radical (unpaired) electrons. The molecule has 3 aliphatic heterocycles. The maximum atomic E-state index is 12.7. The lowest BCUT2D eigenvalue weighted by atomic mass is 9.79. The summed E-state index contributed by atoms with van der Waals surface area (Å²) < 4.78 is 0.833. The van der Waals surface area contributed by atoms with Crippen molar-refractivity contribution in [2.24, 2.45) is 5.92 Å². The molecule has 3 saturated heterocycles. The topological polar surface area (TPSA) is 69.0 Å². The van der Waals surface area contributed by atoms with Gasteiger partial charge in [0.2, 0.25) is 0 Å². The SMILES string of the molecule is C[C@H]1[C@H](NC(=O)c2ccc(Sc3nc(C#N)cs3)cc2)C2CCN1CC2. The molecule has 0 spiro atoms. The average Bonchev–Trinajstić information content (AvgIpc) is 3.13. The highest BCUT2D eigenvalue weighted by Crippen LogP contribution is 2.33. The van der Waals surface area contributed by atoms with E-state index in [1.54, 1.807) is 5.38 Å². The standard InChI is InChI=1S/C19H20N4OS2/c1-12-17(13-6-8-23(12)9-7-13)22-18(24)14-2-4-16(5-3-14)26-19-21-15(10-20)11-25-19/h2-5,11-13,17H,6-9H2,1H3,(H,22,24)/t12-,17-/m0/s1. The molecule has 7 heteroatoms. The highest BCUT2D eigenvalue weighted by molar-refractivity contribution is 8.01. The number of nitriles is 1. The van der Waals surface area contributed by atoms with Crippen LogP contribution in [0.25, 0.3) is 0 Å². The number of fused-ring (bicyclic) bond motifs is 3. The fourth-order valence-corrected chi connectivity index (χ4v) is 5.62. The minimum absolute atomic E-state index is 0.00756. The maximum Gasteiger partial charge on any atom is 0.251 e. The molecule has 5 rings (SSSR count). The van der Waals surface area contributed by atoms with Gasteiger partial charge in [0.25, 0.3) is 5.91 Å². The van der Waals surface area contributed by atoms with E-state index < -0.39 is 0 Å². The number of hydrogen-bond donors (Lipinski definition) is 1. The molecular formula is C19H20N4OS2. The Kier molecular flexibility index (Phi) is 4.98. The zero-order chi connectivity index (χ0) is 18.1. The Bertz CT molecular complexity index is 832. The van der Waals surface area contributed by atoms with Gasteiger partial charge in [-0.3, -0.25) is 9.69 Å². The van der Waals surface area contributed by atoms with Crippen molar-refractivity contribution in [1.82, 2.24) is 15.2 Å². The maximum absolute atomic E-state index is 12.7. The van der Waals surface area contributed by atoms with Gasteiger partial charge < -0.3 is 5.32 Å². The van der Waals surface area contributed by atoms with Crippen LogP contribution in [0.3, 0.4) is 0 Å². The predicted octanol–water partition coefficient (Wildman–Crippen LogP) is 3.38. The molecule has 134 valence electrons.